The summed E-state index contributed by atoms with van der Waals surface area (Å²) in [5, 5.41) is 3.49. The van der Waals surface area contributed by atoms with E-state index in [4.69, 9.17) is 32.8 Å². The topological polar surface area (TPSA) is 207 Å². The molecule has 1 aromatic carbocycles. The van der Waals surface area contributed by atoms with Gasteiger partial charge in [-0.25, -0.2) is 0 Å². The molecule has 1 aliphatic heterocycles. The molecular formula is C22H31N3O12S2. The highest BCUT2D eigenvalue weighted by Crippen LogP contribution is 2.49. The van der Waals surface area contributed by atoms with Crippen molar-refractivity contribution in [2.45, 2.75) is 56.9 Å². The Labute approximate surface area is 226 Å². The molecule has 1 heterocycles. The number of azide groups is 1. The van der Waals surface area contributed by atoms with Crippen LogP contribution >= 0.6 is 0 Å². The molecule has 15 nitrogen and oxygen atoms in total. The van der Waals surface area contributed by atoms with Crippen molar-refractivity contribution in [3.05, 3.63) is 46.3 Å². The third kappa shape index (κ3) is 9.42. The van der Waals surface area contributed by atoms with E-state index < -0.39 is 69.0 Å². The van der Waals surface area contributed by atoms with Crippen LogP contribution in [-0.4, -0.2) is 84.6 Å². The van der Waals surface area contributed by atoms with Gasteiger partial charge in [0.05, 0.1) is 19.1 Å². The molecule has 2 rings (SSSR count). The Morgan fingerprint density at radius 2 is 1.56 bits per heavy atom. The van der Waals surface area contributed by atoms with Crippen LogP contribution < -0.4 is 0 Å². The van der Waals surface area contributed by atoms with Crippen LogP contribution in [0, 0.1) is 0 Å². The van der Waals surface area contributed by atoms with Gasteiger partial charge in [-0.15, -0.1) is 0 Å². The maximum Gasteiger partial charge on any atom is 0.305 e. The molecule has 1 saturated heterocycles. The summed E-state index contributed by atoms with van der Waals surface area (Å²) in [6.45, 7) is 0.124. The van der Waals surface area contributed by atoms with Crippen molar-refractivity contribution in [3.63, 3.8) is 0 Å². The molecule has 0 radical (unpaired) electrons. The Hall–Kier alpha value is -2.79. The van der Waals surface area contributed by atoms with Crippen molar-refractivity contribution in [1.29, 1.82) is 0 Å². The van der Waals surface area contributed by atoms with Gasteiger partial charge in [0.15, 0.2) is 11.7 Å². The van der Waals surface area contributed by atoms with Crippen LogP contribution in [0.2, 0.25) is 0 Å². The highest BCUT2D eigenvalue weighted by Gasteiger charge is 2.70. The molecule has 3 atom stereocenters. The quantitative estimate of drug-likeness (QED) is 0.0709. The average molecular weight is 594 g/mol. The zero-order chi connectivity index (χ0) is 29.3. The Morgan fingerprint density at radius 1 is 1.00 bits per heavy atom. The molecule has 1 aromatic rings. The van der Waals surface area contributed by atoms with Crippen molar-refractivity contribution in [2.24, 2.45) is 5.11 Å². The van der Waals surface area contributed by atoms with E-state index >= 15 is 0 Å². The summed E-state index contributed by atoms with van der Waals surface area (Å²) in [5.74, 6) is -1.69. The molecule has 0 aromatic heterocycles. The SMILES string of the molecule is CC(=O)OC1OC(COS(C)(=O)=O)(COS(C)(=O)=O)[C@@](CCCN=[N+]=[N-])(OCc2ccccc2)[C@H]1OC(C)=O. The molecule has 0 spiro atoms. The number of nitrogens with zero attached hydrogens (tertiary/aromatic N) is 3. The molecule has 1 fully saturated rings. The van der Waals surface area contributed by atoms with Crippen LogP contribution in [0.1, 0.15) is 32.3 Å². The number of carbonyl (C=O) groups excluding carboxylic acids is 2. The average Bonchev–Trinajstić information content (AvgIpc) is 3.06. The van der Waals surface area contributed by atoms with Gasteiger partial charge in [-0.2, -0.15) is 16.8 Å². The van der Waals surface area contributed by atoms with Crippen molar-refractivity contribution in [1.82, 2.24) is 0 Å². The zero-order valence-electron chi connectivity index (χ0n) is 21.8. The summed E-state index contributed by atoms with van der Waals surface area (Å²) >= 11 is 0. The van der Waals surface area contributed by atoms with Crippen LogP contribution in [0.4, 0.5) is 0 Å². The second-order valence-corrected chi connectivity index (χ2v) is 12.1. The lowest BCUT2D eigenvalue weighted by molar-refractivity contribution is -0.223. The van der Waals surface area contributed by atoms with E-state index in [-0.39, 0.29) is 26.0 Å². The first-order valence-electron chi connectivity index (χ1n) is 11.5. The Morgan fingerprint density at radius 3 is 2.05 bits per heavy atom. The van der Waals surface area contributed by atoms with Gasteiger partial charge < -0.3 is 18.9 Å². The highest BCUT2D eigenvalue weighted by molar-refractivity contribution is 7.86. The van der Waals surface area contributed by atoms with Crippen molar-refractivity contribution in [2.75, 3.05) is 32.3 Å². The zero-order valence-corrected chi connectivity index (χ0v) is 23.5. The minimum absolute atomic E-state index is 0.0618. The second kappa shape index (κ2) is 13.5. The van der Waals surface area contributed by atoms with Gasteiger partial charge in [0.2, 0.25) is 6.29 Å². The maximum atomic E-state index is 12.2. The van der Waals surface area contributed by atoms with Crippen LogP contribution in [0.3, 0.4) is 0 Å². The van der Waals surface area contributed by atoms with Gasteiger partial charge >= 0.3 is 11.9 Å². The largest absolute Gasteiger partial charge is 0.453 e. The van der Waals surface area contributed by atoms with E-state index in [1.807, 2.05) is 0 Å². The summed E-state index contributed by atoms with van der Waals surface area (Å²) in [6, 6.07) is 8.66. The molecule has 1 unspecified atom stereocenters. The summed E-state index contributed by atoms with van der Waals surface area (Å²) in [5.41, 5.74) is 5.27. The summed E-state index contributed by atoms with van der Waals surface area (Å²) in [7, 11) is -8.31. The molecule has 0 saturated carbocycles. The summed E-state index contributed by atoms with van der Waals surface area (Å²) in [4.78, 5) is 26.9. The third-order valence-electron chi connectivity index (χ3n) is 5.62. The molecule has 0 bridgehead atoms. The lowest BCUT2D eigenvalue weighted by Crippen LogP contribution is -2.63. The number of rotatable bonds is 15. The molecular weight excluding hydrogens is 562 g/mol. The van der Waals surface area contributed by atoms with Gasteiger partial charge in [0.25, 0.3) is 20.2 Å². The van der Waals surface area contributed by atoms with Crippen LogP contribution in [0.5, 0.6) is 0 Å². The number of ether oxygens (including phenoxy) is 4. The number of esters is 2. The van der Waals surface area contributed by atoms with E-state index in [1.54, 1.807) is 30.3 Å². The Balaban J connectivity index is 2.79. The first-order chi connectivity index (χ1) is 18.1. The van der Waals surface area contributed by atoms with Gasteiger partial charge in [-0.05, 0) is 23.9 Å². The molecule has 39 heavy (non-hydrogen) atoms. The van der Waals surface area contributed by atoms with Crippen LogP contribution in [0.15, 0.2) is 35.4 Å². The van der Waals surface area contributed by atoms with E-state index in [2.05, 4.69) is 10.0 Å². The molecule has 1 aliphatic rings. The van der Waals surface area contributed by atoms with Crippen molar-refractivity contribution >= 4 is 32.2 Å². The standard InChI is InChI=1S/C22H31N3O12S2/c1-16(26)35-19-20(36-17(2)27)37-21(14-33-38(3,28)29,15-34-39(4,30)31)22(19,11-8-12-24-25-23)32-13-18-9-6-5-7-10-18/h5-7,9-10,19-20H,8,11-15H2,1-4H3/t19-,20?,22-/m0/s1. The van der Waals surface area contributed by atoms with Gasteiger partial charge in [-0.3, -0.25) is 18.0 Å². The number of carbonyl (C=O) groups is 2. The predicted octanol–water partition coefficient (Wildman–Crippen LogP) is 1.57. The lowest BCUT2D eigenvalue weighted by Gasteiger charge is -2.44. The summed E-state index contributed by atoms with van der Waals surface area (Å²) < 4.78 is 81.4. The second-order valence-electron chi connectivity index (χ2n) is 8.77. The molecule has 218 valence electrons. The van der Waals surface area contributed by atoms with E-state index in [1.165, 1.54) is 0 Å². The van der Waals surface area contributed by atoms with Crippen molar-refractivity contribution < 1.29 is 53.7 Å². The van der Waals surface area contributed by atoms with Crippen molar-refractivity contribution in [3.8, 4) is 0 Å². The number of hydrogen-bond acceptors (Lipinski definition) is 13. The minimum atomic E-state index is -4.15. The lowest BCUT2D eigenvalue weighted by atomic mass is 9.77. The third-order valence-corrected chi connectivity index (χ3v) is 6.71. The molecule has 0 aliphatic carbocycles. The van der Waals surface area contributed by atoms with Crippen LogP contribution in [0.25, 0.3) is 10.4 Å². The fourth-order valence-corrected chi connectivity index (χ4v) is 4.91. The number of benzene rings is 1. The first kappa shape index (κ1) is 32.4. The minimum Gasteiger partial charge on any atom is -0.453 e. The molecule has 0 amide bonds. The predicted molar refractivity (Wildman–Crippen MR) is 134 cm³/mol. The first-order valence-corrected chi connectivity index (χ1v) is 15.2. The van der Waals surface area contributed by atoms with E-state index in [0.717, 1.165) is 26.4 Å². The fourth-order valence-electron chi connectivity index (χ4n) is 4.10. The van der Waals surface area contributed by atoms with E-state index in [0.29, 0.717) is 5.56 Å². The van der Waals surface area contributed by atoms with Gasteiger partial charge in [0, 0.05) is 25.3 Å². The van der Waals surface area contributed by atoms with Gasteiger partial charge in [0.1, 0.15) is 18.8 Å². The fraction of sp³-hybridized carbons (Fsp3) is 0.636. The molecule has 17 heteroatoms. The van der Waals surface area contributed by atoms with Gasteiger partial charge in [-0.1, -0.05) is 35.4 Å². The Bertz CT molecular complexity index is 1230. The molecule has 0 N–H and O–H groups in total. The van der Waals surface area contributed by atoms with E-state index in [9.17, 15) is 26.4 Å². The number of hydrogen-bond donors (Lipinski definition) is 0. The highest BCUT2D eigenvalue weighted by atomic mass is 32.2. The normalized spacial score (nSPS) is 22.6. The maximum absolute atomic E-state index is 12.2. The summed E-state index contributed by atoms with van der Waals surface area (Å²) in [6.07, 6.45) is -1.84. The Kier molecular flexibility index (Phi) is 11.2. The van der Waals surface area contributed by atoms with Crippen LogP contribution in [-0.2, 0) is 63.7 Å². The monoisotopic (exact) mass is 593 g/mol. The smallest absolute Gasteiger partial charge is 0.305 e.